The second-order valence-corrected chi connectivity index (χ2v) is 7.53. The zero-order valence-electron chi connectivity index (χ0n) is 10.6. The van der Waals surface area contributed by atoms with Crippen molar-refractivity contribution in [2.45, 2.75) is 26.2 Å². The van der Waals surface area contributed by atoms with Gasteiger partial charge in [0.05, 0.1) is 11.2 Å². The zero-order chi connectivity index (χ0) is 13.6. The van der Waals surface area contributed by atoms with Gasteiger partial charge in [-0.2, -0.15) is 0 Å². The minimum absolute atomic E-state index is 0.0325. The van der Waals surface area contributed by atoms with Gasteiger partial charge in [-0.3, -0.25) is 4.79 Å². The molecule has 0 amide bonds. The Balaban J connectivity index is 2.22. The molecule has 6 heteroatoms. The quantitative estimate of drug-likeness (QED) is 0.778. The van der Waals surface area contributed by atoms with Crippen LogP contribution in [-0.2, 0) is 14.8 Å². The Labute approximate surface area is 108 Å². The van der Waals surface area contributed by atoms with E-state index in [1.165, 1.54) is 4.31 Å². The summed E-state index contributed by atoms with van der Waals surface area (Å²) in [6.45, 7) is 5.76. The fraction of sp³-hybridized carbons (Fsp3) is 0.750. The molecule has 0 spiro atoms. The van der Waals surface area contributed by atoms with Crippen LogP contribution in [0.4, 0.5) is 0 Å². The van der Waals surface area contributed by atoms with Crippen LogP contribution in [0.1, 0.15) is 26.2 Å². The molecule has 2 fully saturated rings. The molecular weight excluding hydrogens is 254 g/mol. The van der Waals surface area contributed by atoms with E-state index in [2.05, 4.69) is 6.58 Å². The van der Waals surface area contributed by atoms with Gasteiger partial charge in [0.25, 0.3) is 0 Å². The second-order valence-electron chi connectivity index (χ2n) is 5.56. The maximum absolute atomic E-state index is 12.1. The Bertz CT molecular complexity index is 484. The summed E-state index contributed by atoms with van der Waals surface area (Å²) in [5, 5.41) is 9.40. The van der Waals surface area contributed by atoms with Gasteiger partial charge in [-0.05, 0) is 25.7 Å². The van der Waals surface area contributed by atoms with Crippen molar-refractivity contribution < 1.29 is 18.3 Å². The molecule has 0 unspecified atom stereocenters. The van der Waals surface area contributed by atoms with Crippen LogP contribution >= 0.6 is 0 Å². The SMILES string of the molecule is C=C(C)CS(=O)(=O)N1C[C@@H]2CCC[C@@]2(C(=O)O)C1. The molecule has 1 aliphatic carbocycles. The van der Waals surface area contributed by atoms with Crippen LogP contribution in [0.2, 0.25) is 0 Å². The van der Waals surface area contributed by atoms with Crippen molar-refractivity contribution in [3.8, 4) is 0 Å². The Morgan fingerprint density at radius 1 is 1.56 bits per heavy atom. The maximum atomic E-state index is 12.1. The molecule has 2 atom stereocenters. The molecule has 1 heterocycles. The molecule has 2 rings (SSSR count). The van der Waals surface area contributed by atoms with E-state index in [0.717, 1.165) is 12.8 Å². The molecule has 1 aliphatic heterocycles. The second kappa shape index (κ2) is 4.35. The summed E-state index contributed by atoms with van der Waals surface area (Å²) < 4.78 is 25.6. The van der Waals surface area contributed by atoms with Gasteiger partial charge in [0.15, 0.2) is 0 Å². The summed E-state index contributed by atoms with van der Waals surface area (Å²) in [5.74, 6) is -0.969. The first-order valence-electron chi connectivity index (χ1n) is 6.13. The van der Waals surface area contributed by atoms with Crippen molar-refractivity contribution in [3.63, 3.8) is 0 Å². The molecule has 0 aromatic carbocycles. The summed E-state index contributed by atoms with van der Waals surface area (Å²) >= 11 is 0. The van der Waals surface area contributed by atoms with Crippen LogP contribution in [0.25, 0.3) is 0 Å². The smallest absolute Gasteiger partial charge is 0.311 e. The first-order valence-corrected chi connectivity index (χ1v) is 7.74. The Hall–Kier alpha value is -0.880. The molecule has 0 aromatic rings. The normalized spacial score (nSPS) is 32.4. The van der Waals surface area contributed by atoms with Crippen LogP contribution in [0.3, 0.4) is 0 Å². The molecule has 102 valence electrons. The minimum atomic E-state index is -3.40. The van der Waals surface area contributed by atoms with Gasteiger partial charge >= 0.3 is 5.97 Å². The number of carboxylic acids is 1. The van der Waals surface area contributed by atoms with Gasteiger partial charge in [0.1, 0.15) is 0 Å². The first-order chi connectivity index (χ1) is 8.28. The number of rotatable bonds is 4. The van der Waals surface area contributed by atoms with Crippen LogP contribution in [0.15, 0.2) is 12.2 Å². The van der Waals surface area contributed by atoms with E-state index in [1.807, 2.05) is 0 Å². The lowest BCUT2D eigenvalue weighted by molar-refractivity contribution is -0.149. The van der Waals surface area contributed by atoms with E-state index in [1.54, 1.807) is 6.92 Å². The summed E-state index contributed by atoms with van der Waals surface area (Å²) in [4.78, 5) is 11.5. The van der Waals surface area contributed by atoms with Crippen molar-refractivity contribution in [1.82, 2.24) is 4.31 Å². The molecule has 2 aliphatic rings. The molecule has 0 bridgehead atoms. The molecule has 1 saturated carbocycles. The van der Waals surface area contributed by atoms with Gasteiger partial charge in [-0.1, -0.05) is 18.6 Å². The molecule has 18 heavy (non-hydrogen) atoms. The van der Waals surface area contributed by atoms with E-state index in [-0.39, 0.29) is 18.2 Å². The Morgan fingerprint density at radius 2 is 2.22 bits per heavy atom. The van der Waals surface area contributed by atoms with Gasteiger partial charge in [-0.15, -0.1) is 0 Å². The minimum Gasteiger partial charge on any atom is -0.481 e. The number of carboxylic acid groups (broad SMARTS) is 1. The number of fused-ring (bicyclic) bond motifs is 1. The van der Waals surface area contributed by atoms with E-state index in [0.29, 0.717) is 18.5 Å². The van der Waals surface area contributed by atoms with E-state index >= 15 is 0 Å². The van der Waals surface area contributed by atoms with E-state index in [4.69, 9.17) is 0 Å². The predicted molar refractivity (Wildman–Crippen MR) is 67.6 cm³/mol. The maximum Gasteiger partial charge on any atom is 0.311 e. The van der Waals surface area contributed by atoms with E-state index < -0.39 is 21.4 Å². The number of carbonyl (C=O) groups is 1. The van der Waals surface area contributed by atoms with Gasteiger partial charge in [0.2, 0.25) is 10.0 Å². The number of hydrogen-bond donors (Lipinski definition) is 1. The van der Waals surface area contributed by atoms with Crippen molar-refractivity contribution in [2.24, 2.45) is 11.3 Å². The molecule has 5 nitrogen and oxygen atoms in total. The lowest BCUT2D eigenvalue weighted by Crippen LogP contribution is -2.38. The lowest BCUT2D eigenvalue weighted by atomic mass is 9.81. The Morgan fingerprint density at radius 3 is 2.72 bits per heavy atom. The number of nitrogens with zero attached hydrogens (tertiary/aromatic N) is 1. The monoisotopic (exact) mass is 273 g/mol. The van der Waals surface area contributed by atoms with Gasteiger partial charge in [0, 0.05) is 13.1 Å². The van der Waals surface area contributed by atoms with Crippen molar-refractivity contribution >= 4 is 16.0 Å². The lowest BCUT2D eigenvalue weighted by Gasteiger charge is -2.23. The van der Waals surface area contributed by atoms with Crippen molar-refractivity contribution in [3.05, 3.63) is 12.2 Å². The molecule has 1 saturated heterocycles. The summed E-state index contributed by atoms with van der Waals surface area (Å²) in [6.07, 6.45) is 2.28. The van der Waals surface area contributed by atoms with Crippen LogP contribution < -0.4 is 0 Å². The highest BCUT2D eigenvalue weighted by Crippen LogP contribution is 2.49. The van der Waals surface area contributed by atoms with Gasteiger partial charge < -0.3 is 5.11 Å². The predicted octanol–water partition coefficient (Wildman–Crippen LogP) is 1.08. The third-order valence-electron chi connectivity index (χ3n) is 4.09. The Kier molecular flexibility index (Phi) is 3.27. The molecule has 0 aromatic heterocycles. The highest BCUT2D eigenvalue weighted by molar-refractivity contribution is 7.89. The topological polar surface area (TPSA) is 74.7 Å². The fourth-order valence-electron chi connectivity index (χ4n) is 3.21. The number of aliphatic carboxylic acids is 1. The summed E-state index contributed by atoms with van der Waals surface area (Å²) in [7, 11) is -3.40. The molecule has 1 N–H and O–H groups in total. The summed E-state index contributed by atoms with van der Waals surface area (Å²) in [5.41, 5.74) is -0.265. The summed E-state index contributed by atoms with van der Waals surface area (Å²) in [6, 6.07) is 0. The number of hydrogen-bond acceptors (Lipinski definition) is 3. The average Bonchev–Trinajstić information content (AvgIpc) is 2.70. The highest BCUT2D eigenvalue weighted by Gasteiger charge is 2.56. The van der Waals surface area contributed by atoms with Gasteiger partial charge in [-0.25, -0.2) is 12.7 Å². The van der Waals surface area contributed by atoms with Crippen molar-refractivity contribution in [1.29, 1.82) is 0 Å². The zero-order valence-corrected chi connectivity index (χ0v) is 11.4. The third kappa shape index (κ3) is 2.07. The fourth-order valence-corrected chi connectivity index (χ4v) is 4.85. The van der Waals surface area contributed by atoms with E-state index in [9.17, 15) is 18.3 Å². The molecule has 0 radical (unpaired) electrons. The first kappa shape index (κ1) is 13.5. The number of sulfonamides is 1. The van der Waals surface area contributed by atoms with Crippen LogP contribution in [0, 0.1) is 11.3 Å². The molecular formula is C12H19NO4S. The van der Waals surface area contributed by atoms with Crippen LogP contribution in [0.5, 0.6) is 0 Å². The largest absolute Gasteiger partial charge is 0.481 e. The average molecular weight is 273 g/mol. The third-order valence-corrected chi connectivity index (χ3v) is 6.01. The van der Waals surface area contributed by atoms with Crippen LogP contribution in [-0.4, -0.2) is 42.6 Å². The highest BCUT2D eigenvalue weighted by atomic mass is 32.2. The van der Waals surface area contributed by atoms with Crippen molar-refractivity contribution in [2.75, 3.05) is 18.8 Å². The standard InChI is InChI=1S/C12H19NO4S/c1-9(2)7-18(16,17)13-6-10-4-3-5-12(10,8-13)11(14)15/h10H,1,3-8H2,2H3,(H,14,15)/t10-,12+/m0/s1.